The SMILES string of the molecule is CC(C(=O)O)c1ccc(CSc2nncn2C)cc1. The van der Waals surface area contributed by atoms with Crippen molar-refractivity contribution >= 4 is 17.7 Å². The van der Waals surface area contributed by atoms with E-state index in [4.69, 9.17) is 5.11 Å². The molecule has 0 saturated heterocycles. The zero-order valence-electron chi connectivity index (χ0n) is 10.8. The van der Waals surface area contributed by atoms with E-state index in [1.54, 1.807) is 25.0 Å². The van der Waals surface area contributed by atoms with Gasteiger partial charge in [-0.1, -0.05) is 36.0 Å². The van der Waals surface area contributed by atoms with Gasteiger partial charge in [-0.2, -0.15) is 0 Å². The largest absolute Gasteiger partial charge is 0.481 e. The molecule has 0 radical (unpaired) electrons. The molecule has 100 valence electrons. The van der Waals surface area contributed by atoms with Gasteiger partial charge in [0.25, 0.3) is 0 Å². The molecule has 0 amide bonds. The Bertz CT molecular complexity index is 566. The standard InChI is InChI=1S/C13H15N3O2S/c1-9(12(17)18)11-5-3-10(4-6-11)7-19-13-15-14-8-16(13)2/h3-6,8-9H,7H2,1-2H3,(H,17,18). The zero-order valence-corrected chi connectivity index (χ0v) is 11.6. The van der Waals surface area contributed by atoms with Gasteiger partial charge in [0.15, 0.2) is 5.16 Å². The molecule has 1 aromatic heterocycles. The van der Waals surface area contributed by atoms with Gasteiger partial charge in [-0.15, -0.1) is 10.2 Å². The maximum Gasteiger partial charge on any atom is 0.310 e. The average molecular weight is 277 g/mol. The van der Waals surface area contributed by atoms with Gasteiger partial charge in [0, 0.05) is 12.8 Å². The van der Waals surface area contributed by atoms with Crippen molar-refractivity contribution < 1.29 is 9.90 Å². The number of aryl methyl sites for hydroxylation is 1. The molecule has 19 heavy (non-hydrogen) atoms. The molecule has 1 heterocycles. The lowest BCUT2D eigenvalue weighted by Gasteiger charge is -2.07. The van der Waals surface area contributed by atoms with E-state index in [0.29, 0.717) is 0 Å². The van der Waals surface area contributed by atoms with Crippen molar-refractivity contribution in [1.29, 1.82) is 0 Å². The number of hydrogen-bond acceptors (Lipinski definition) is 4. The second-order valence-electron chi connectivity index (χ2n) is 4.31. The summed E-state index contributed by atoms with van der Waals surface area (Å²) in [4.78, 5) is 10.9. The monoisotopic (exact) mass is 277 g/mol. The van der Waals surface area contributed by atoms with E-state index >= 15 is 0 Å². The summed E-state index contributed by atoms with van der Waals surface area (Å²) in [5, 5.41) is 17.6. The Morgan fingerprint density at radius 2 is 2.11 bits per heavy atom. The second kappa shape index (κ2) is 5.88. The van der Waals surface area contributed by atoms with Gasteiger partial charge < -0.3 is 9.67 Å². The highest BCUT2D eigenvalue weighted by molar-refractivity contribution is 7.98. The summed E-state index contributed by atoms with van der Waals surface area (Å²) in [5.41, 5.74) is 1.95. The maximum absolute atomic E-state index is 10.9. The molecule has 0 saturated carbocycles. The van der Waals surface area contributed by atoms with Gasteiger partial charge >= 0.3 is 5.97 Å². The quantitative estimate of drug-likeness (QED) is 0.849. The summed E-state index contributed by atoms with van der Waals surface area (Å²) in [7, 11) is 1.90. The first-order valence-corrected chi connectivity index (χ1v) is 6.85. The van der Waals surface area contributed by atoms with Crippen molar-refractivity contribution in [3.8, 4) is 0 Å². The Morgan fingerprint density at radius 1 is 1.42 bits per heavy atom. The molecule has 2 rings (SSSR count). The second-order valence-corrected chi connectivity index (χ2v) is 5.26. The first-order valence-electron chi connectivity index (χ1n) is 5.86. The van der Waals surface area contributed by atoms with Crippen molar-refractivity contribution in [2.45, 2.75) is 23.8 Å². The van der Waals surface area contributed by atoms with Crippen LogP contribution in [0, 0.1) is 0 Å². The molecule has 0 bridgehead atoms. The number of hydrogen-bond donors (Lipinski definition) is 1. The van der Waals surface area contributed by atoms with Gasteiger partial charge in [0.2, 0.25) is 0 Å². The van der Waals surface area contributed by atoms with E-state index in [1.807, 2.05) is 35.9 Å². The van der Waals surface area contributed by atoms with Crippen LogP contribution >= 0.6 is 11.8 Å². The number of carbonyl (C=O) groups is 1. The third-order valence-electron chi connectivity index (χ3n) is 2.89. The van der Waals surface area contributed by atoms with Gasteiger partial charge in [-0.05, 0) is 18.1 Å². The van der Waals surface area contributed by atoms with Gasteiger partial charge in [0.05, 0.1) is 5.92 Å². The number of rotatable bonds is 5. The van der Waals surface area contributed by atoms with E-state index in [9.17, 15) is 4.79 Å². The van der Waals surface area contributed by atoms with Crippen molar-refractivity contribution in [3.05, 3.63) is 41.7 Å². The molecule has 0 spiro atoms. The summed E-state index contributed by atoms with van der Waals surface area (Å²) in [6.07, 6.45) is 1.67. The molecule has 0 aliphatic heterocycles. The molecule has 1 N–H and O–H groups in total. The van der Waals surface area contributed by atoms with E-state index in [1.165, 1.54) is 0 Å². The molecule has 0 aliphatic rings. The minimum absolute atomic E-state index is 0.472. The molecular formula is C13H15N3O2S. The molecule has 0 fully saturated rings. The maximum atomic E-state index is 10.9. The molecular weight excluding hydrogens is 262 g/mol. The van der Waals surface area contributed by atoms with Crippen molar-refractivity contribution in [3.63, 3.8) is 0 Å². The van der Waals surface area contributed by atoms with Gasteiger partial charge in [-0.3, -0.25) is 4.79 Å². The van der Waals surface area contributed by atoms with Crippen LogP contribution in [-0.4, -0.2) is 25.8 Å². The fourth-order valence-electron chi connectivity index (χ4n) is 1.60. The summed E-state index contributed by atoms with van der Waals surface area (Å²) in [6, 6.07) is 7.65. The predicted molar refractivity (Wildman–Crippen MR) is 73.1 cm³/mol. The average Bonchev–Trinajstić information content (AvgIpc) is 2.81. The number of aromatic nitrogens is 3. The predicted octanol–water partition coefficient (Wildman–Crippen LogP) is 2.30. The number of carboxylic acids is 1. The Balaban J connectivity index is 1.99. The van der Waals surface area contributed by atoms with Gasteiger partial charge in [-0.25, -0.2) is 0 Å². The summed E-state index contributed by atoms with van der Waals surface area (Å²) >= 11 is 1.60. The minimum atomic E-state index is -0.804. The first kappa shape index (κ1) is 13.6. The number of nitrogens with zero attached hydrogens (tertiary/aromatic N) is 3. The fraction of sp³-hybridized carbons (Fsp3) is 0.308. The Morgan fingerprint density at radius 3 is 2.63 bits per heavy atom. The van der Waals surface area contributed by atoms with E-state index in [2.05, 4.69) is 10.2 Å². The van der Waals surface area contributed by atoms with Crippen molar-refractivity contribution in [1.82, 2.24) is 14.8 Å². The van der Waals surface area contributed by atoms with E-state index in [0.717, 1.165) is 22.0 Å². The fourth-order valence-corrected chi connectivity index (χ4v) is 2.44. The Labute approximate surface area is 115 Å². The number of carboxylic acid groups (broad SMARTS) is 1. The van der Waals surface area contributed by atoms with Crippen LogP contribution in [-0.2, 0) is 17.6 Å². The lowest BCUT2D eigenvalue weighted by molar-refractivity contribution is -0.138. The topological polar surface area (TPSA) is 68.0 Å². The van der Waals surface area contributed by atoms with Crippen LogP contribution in [0.25, 0.3) is 0 Å². The molecule has 0 aliphatic carbocycles. The third kappa shape index (κ3) is 3.35. The lowest BCUT2D eigenvalue weighted by atomic mass is 10.0. The highest BCUT2D eigenvalue weighted by Crippen LogP contribution is 2.22. The number of aliphatic carboxylic acids is 1. The molecule has 1 unspecified atom stereocenters. The van der Waals surface area contributed by atoms with Crippen LogP contribution in [0.3, 0.4) is 0 Å². The van der Waals surface area contributed by atoms with Crippen molar-refractivity contribution in [2.24, 2.45) is 7.05 Å². The Hall–Kier alpha value is -1.82. The number of thioether (sulfide) groups is 1. The van der Waals surface area contributed by atoms with E-state index in [-0.39, 0.29) is 0 Å². The first-order chi connectivity index (χ1) is 9.08. The molecule has 2 aromatic rings. The summed E-state index contributed by atoms with van der Waals surface area (Å²) < 4.78 is 1.87. The highest BCUT2D eigenvalue weighted by Gasteiger charge is 2.13. The normalized spacial score (nSPS) is 12.3. The number of benzene rings is 1. The molecule has 1 atom stereocenters. The van der Waals surface area contributed by atoms with Crippen LogP contribution in [0.5, 0.6) is 0 Å². The summed E-state index contributed by atoms with van der Waals surface area (Å²) in [5.74, 6) is -0.490. The van der Waals surface area contributed by atoms with Gasteiger partial charge in [0.1, 0.15) is 6.33 Å². The van der Waals surface area contributed by atoms with Crippen LogP contribution in [0.1, 0.15) is 24.0 Å². The van der Waals surface area contributed by atoms with Crippen LogP contribution in [0.2, 0.25) is 0 Å². The van der Waals surface area contributed by atoms with Crippen molar-refractivity contribution in [2.75, 3.05) is 0 Å². The summed E-state index contributed by atoms with van der Waals surface area (Å²) in [6.45, 7) is 1.69. The molecule has 1 aromatic carbocycles. The Kier molecular flexibility index (Phi) is 4.21. The van der Waals surface area contributed by atoms with Crippen LogP contribution in [0.4, 0.5) is 0 Å². The smallest absolute Gasteiger partial charge is 0.310 e. The van der Waals surface area contributed by atoms with Crippen LogP contribution < -0.4 is 0 Å². The minimum Gasteiger partial charge on any atom is -0.481 e. The third-order valence-corrected chi connectivity index (χ3v) is 3.99. The van der Waals surface area contributed by atoms with Crippen LogP contribution in [0.15, 0.2) is 35.7 Å². The molecule has 5 nitrogen and oxygen atoms in total. The zero-order chi connectivity index (χ0) is 13.8. The van der Waals surface area contributed by atoms with E-state index < -0.39 is 11.9 Å². The molecule has 6 heteroatoms. The highest BCUT2D eigenvalue weighted by atomic mass is 32.2. The lowest BCUT2D eigenvalue weighted by Crippen LogP contribution is -2.07.